The number of carbonyl (C=O) groups is 1. The highest BCUT2D eigenvalue weighted by atomic mass is 35.5. The molecule has 6 nitrogen and oxygen atoms in total. The van der Waals surface area contributed by atoms with Crippen LogP contribution in [0.4, 0.5) is 0 Å². The van der Waals surface area contributed by atoms with E-state index in [1.165, 1.54) is 6.92 Å². The second-order valence-corrected chi connectivity index (χ2v) is 4.13. The van der Waals surface area contributed by atoms with Gasteiger partial charge in [-0.2, -0.15) is 0 Å². The van der Waals surface area contributed by atoms with E-state index in [2.05, 4.69) is 20.4 Å². The maximum absolute atomic E-state index is 10.9. The quantitative estimate of drug-likeness (QED) is 0.245. The molecule has 0 saturated carbocycles. The fourth-order valence-corrected chi connectivity index (χ4v) is 1.38. The summed E-state index contributed by atoms with van der Waals surface area (Å²) >= 11 is 5.06. The maximum atomic E-state index is 10.9. The Balaban J connectivity index is 3.67. The van der Waals surface area contributed by atoms with Gasteiger partial charge in [-0.3, -0.25) is 9.05 Å². The number of ether oxygens (including phenoxy) is 1. The molecule has 0 aliphatic heterocycles. The number of phosphoric acid groups is 1. The van der Waals surface area contributed by atoms with Crippen LogP contribution >= 0.6 is 19.4 Å². The van der Waals surface area contributed by atoms with Crippen molar-refractivity contribution in [2.75, 3.05) is 19.3 Å². The molecular weight excluding hydrogens is 246 g/mol. The molecule has 0 heterocycles. The van der Waals surface area contributed by atoms with Crippen molar-refractivity contribution in [2.24, 2.45) is 0 Å². The molecule has 0 spiro atoms. The first-order chi connectivity index (χ1) is 6.89. The van der Waals surface area contributed by atoms with Crippen molar-refractivity contribution in [3.63, 3.8) is 0 Å². The Bertz CT molecular complexity index is 279. The Hall–Kier alpha value is -0.390. The van der Waals surface area contributed by atoms with Gasteiger partial charge >= 0.3 is 13.8 Å². The standard InChI is InChI=1S/C7H12ClO6P/c1-6(2)7(9)12-3-4-13-15(10,11)14-5-8/h1,3-5H2,2H3,(H,10,11). The zero-order chi connectivity index (χ0) is 11.9. The lowest BCUT2D eigenvalue weighted by atomic mass is 10.4. The van der Waals surface area contributed by atoms with E-state index in [-0.39, 0.29) is 18.8 Å². The average molecular weight is 259 g/mol. The van der Waals surface area contributed by atoms with Crippen LogP contribution < -0.4 is 0 Å². The molecule has 0 amide bonds. The van der Waals surface area contributed by atoms with Gasteiger partial charge in [0.15, 0.2) is 0 Å². The number of esters is 1. The molecule has 1 unspecified atom stereocenters. The second-order valence-electron chi connectivity index (χ2n) is 2.46. The number of phosphoric ester groups is 1. The minimum atomic E-state index is -4.12. The minimum absolute atomic E-state index is 0.165. The number of carbonyl (C=O) groups excluding carboxylic acids is 1. The summed E-state index contributed by atoms with van der Waals surface area (Å²) in [5, 5.41) is 0. The largest absolute Gasteiger partial charge is 0.473 e. The summed E-state index contributed by atoms with van der Waals surface area (Å²) < 4.78 is 24.0. The molecule has 0 aromatic heterocycles. The third-order valence-electron chi connectivity index (χ3n) is 1.13. The predicted octanol–water partition coefficient (Wildman–Crippen LogP) is 1.44. The van der Waals surface area contributed by atoms with Crippen LogP contribution in [0.25, 0.3) is 0 Å². The summed E-state index contributed by atoms with van der Waals surface area (Å²) in [6.45, 7) is 4.41. The van der Waals surface area contributed by atoms with Crippen molar-refractivity contribution < 1.29 is 28.0 Å². The molecule has 0 saturated heterocycles. The summed E-state index contributed by atoms with van der Waals surface area (Å²) in [6, 6.07) is -0.459. The van der Waals surface area contributed by atoms with Crippen LogP contribution in [-0.2, 0) is 23.1 Å². The van der Waals surface area contributed by atoms with Gasteiger partial charge in [0.2, 0.25) is 0 Å². The van der Waals surface area contributed by atoms with Gasteiger partial charge < -0.3 is 9.63 Å². The lowest BCUT2D eigenvalue weighted by molar-refractivity contribution is -0.139. The van der Waals surface area contributed by atoms with E-state index in [1.807, 2.05) is 0 Å². The zero-order valence-corrected chi connectivity index (χ0v) is 9.79. The van der Waals surface area contributed by atoms with Crippen LogP contribution in [0.5, 0.6) is 0 Å². The van der Waals surface area contributed by atoms with Crippen LogP contribution in [0.15, 0.2) is 12.2 Å². The van der Waals surface area contributed by atoms with Gasteiger partial charge in [-0.25, -0.2) is 9.36 Å². The van der Waals surface area contributed by atoms with Crippen molar-refractivity contribution in [1.82, 2.24) is 0 Å². The van der Waals surface area contributed by atoms with Crippen molar-refractivity contribution >= 4 is 25.4 Å². The van der Waals surface area contributed by atoms with E-state index < -0.39 is 19.9 Å². The Labute approximate surface area is 92.4 Å². The normalized spacial score (nSPS) is 14.3. The first kappa shape index (κ1) is 14.6. The van der Waals surface area contributed by atoms with Crippen LogP contribution in [-0.4, -0.2) is 30.1 Å². The molecule has 0 fully saturated rings. The fraction of sp³-hybridized carbons (Fsp3) is 0.571. The number of hydrogen-bond acceptors (Lipinski definition) is 5. The summed E-state index contributed by atoms with van der Waals surface area (Å²) in [4.78, 5) is 19.7. The van der Waals surface area contributed by atoms with E-state index in [4.69, 9.17) is 16.5 Å². The van der Waals surface area contributed by atoms with Gasteiger partial charge in [-0.1, -0.05) is 18.2 Å². The molecule has 0 aromatic rings. The predicted molar refractivity (Wildman–Crippen MR) is 53.4 cm³/mol. The first-order valence-corrected chi connectivity index (χ1v) is 5.92. The molecule has 0 bridgehead atoms. The first-order valence-electron chi connectivity index (χ1n) is 3.89. The second kappa shape index (κ2) is 6.98. The Morgan fingerprint density at radius 1 is 1.47 bits per heavy atom. The van der Waals surface area contributed by atoms with Gasteiger partial charge in [0.05, 0.1) is 6.61 Å². The highest BCUT2D eigenvalue weighted by molar-refractivity contribution is 7.47. The SMILES string of the molecule is C=C(C)C(=O)OCCOP(=O)(O)OCCl. The third-order valence-corrected chi connectivity index (χ3v) is 2.36. The molecule has 1 atom stereocenters. The van der Waals surface area contributed by atoms with E-state index in [0.717, 1.165) is 0 Å². The van der Waals surface area contributed by atoms with E-state index in [0.29, 0.717) is 0 Å². The van der Waals surface area contributed by atoms with Crippen molar-refractivity contribution in [2.45, 2.75) is 6.92 Å². The summed E-state index contributed by atoms with van der Waals surface area (Å²) in [5.41, 5.74) is 0.235. The van der Waals surface area contributed by atoms with E-state index in [9.17, 15) is 9.36 Å². The topological polar surface area (TPSA) is 82.1 Å². The highest BCUT2D eigenvalue weighted by Gasteiger charge is 2.20. The van der Waals surface area contributed by atoms with Gasteiger partial charge in [-0.05, 0) is 6.92 Å². The molecule has 15 heavy (non-hydrogen) atoms. The van der Waals surface area contributed by atoms with Gasteiger partial charge in [-0.15, -0.1) is 0 Å². The highest BCUT2D eigenvalue weighted by Crippen LogP contribution is 2.42. The molecule has 0 rings (SSSR count). The molecule has 0 aliphatic rings. The zero-order valence-electron chi connectivity index (χ0n) is 8.14. The van der Waals surface area contributed by atoms with Crippen LogP contribution in [0.1, 0.15) is 6.92 Å². The van der Waals surface area contributed by atoms with Gasteiger partial charge in [0.25, 0.3) is 0 Å². The summed E-state index contributed by atoms with van der Waals surface area (Å²) in [7, 11) is -4.12. The van der Waals surface area contributed by atoms with E-state index in [1.54, 1.807) is 0 Å². The maximum Gasteiger partial charge on any atom is 0.473 e. The number of halogens is 1. The fourth-order valence-electron chi connectivity index (χ4n) is 0.509. The van der Waals surface area contributed by atoms with Crippen LogP contribution in [0, 0.1) is 0 Å². The average Bonchev–Trinajstić information content (AvgIpc) is 2.11. The lowest BCUT2D eigenvalue weighted by Gasteiger charge is -2.10. The van der Waals surface area contributed by atoms with Crippen molar-refractivity contribution in [3.8, 4) is 0 Å². The monoisotopic (exact) mass is 258 g/mol. The number of rotatable bonds is 7. The molecule has 0 aromatic carbocycles. The van der Waals surface area contributed by atoms with Gasteiger partial charge in [0.1, 0.15) is 12.7 Å². The molecule has 0 aliphatic carbocycles. The summed E-state index contributed by atoms with van der Waals surface area (Å²) in [5.74, 6) is -0.593. The molecule has 88 valence electrons. The summed E-state index contributed by atoms with van der Waals surface area (Å²) in [6.07, 6.45) is 0. The molecule has 8 heteroatoms. The van der Waals surface area contributed by atoms with E-state index >= 15 is 0 Å². The Morgan fingerprint density at radius 2 is 2.07 bits per heavy atom. The minimum Gasteiger partial charge on any atom is -0.460 e. The van der Waals surface area contributed by atoms with Crippen LogP contribution in [0.3, 0.4) is 0 Å². The van der Waals surface area contributed by atoms with Crippen molar-refractivity contribution in [3.05, 3.63) is 12.2 Å². The number of hydrogen-bond donors (Lipinski definition) is 1. The molecule has 0 radical (unpaired) electrons. The Kier molecular flexibility index (Phi) is 6.80. The third kappa shape index (κ3) is 7.53. The molecule has 1 N–H and O–H groups in total. The Morgan fingerprint density at radius 3 is 2.53 bits per heavy atom. The smallest absolute Gasteiger partial charge is 0.460 e. The molecular formula is C7H12ClO6P. The van der Waals surface area contributed by atoms with Crippen LogP contribution in [0.2, 0.25) is 0 Å². The van der Waals surface area contributed by atoms with Gasteiger partial charge in [0, 0.05) is 5.57 Å². The lowest BCUT2D eigenvalue weighted by Crippen LogP contribution is -2.10. The number of alkyl halides is 1. The van der Waals surface area contributed by atoms with Crippen molar-refractivity contribution in [1.29, 1.82) is 0 Å².